The van der Waals surface area contributed by atoms with Gasteiger partial charge < -0.3 is 15.0 Å². The van der Waals surface area contributed by atoms with Crippen LogP contribution in [0.25, 0.3) is 0 Å². The topological polar surface area (TPSA) is 24.5 Å². The lowest BCUT2D eigenvalue weighted by Gasteiger charge is -2.33. The molecule has 0 radical (unpaired) electrons. The van der Waals surface area contributed by atoms with Crippen LogP contribution >= 0.6 is 0 Å². The van der Waals surface area contributed by atoms with Gasteiger partial charge in [0.05, 0.1) is 7.11 Å². The molecule has 0 aromatic heterocycles. The Kier molecular flexibility index (Phi) is 7.04. The van der Waals surface area contributed by atoms with Crippen molar-refractivity contribution in [2.24, 2.45) is 5.92 Å². The summed E-state index contributed by atoms with van der Waals surface area (Å²) in [5, 5.41) is 3.57. The average Bonchev–Trinajstić information content (AvgIpc) is 2.54. The van der Waals surface area contributed by atoms with Crippen LogP contribution in [-0.4, -0.2) is 44.7 Å². The molecule has 1 aliphatic heterocycles. The molecule has 1 N–H and O–H groups in total. The lowest BCUT2D eigenvalue weighted by Crippen LogP contribution is -2.40. The number of hydrogen-bond donors (Lipinski definition) is 1. The Morgan fingerprint density at radius 1 is 1.29 bits per heavy atom. The smallest absolute Gasteiger partial charge is 0.118 e. The molecule has 118 valence electrons. The Hall–Kier alpha value is -1.06. The van der Waals surface area contributed by atoms with E-state index in [-0.39, 0.29) is 0 Å². The SMILES string of the molecule is CCCNCC1CCCN(CCc2ccc(OC)cc2)C1. The zero-order chi connectivity index (χ0) is 14.9. The summed E-state index contributed by atoms with van der Waals surface area (Å²) < 4.78 is 5.21. The van der Waals surface area contributed by atoms with Crippen molar-refractivity contribution in [2.45, 2.75) is 32.6 Å². The summed E-state index contributed by atoms with van der Waals surface area (Å²) >= 11 is 0. The second kappa shape index (κ2) is 9.06. The van der Waals surface area contributed by atoms with Crippen LogP contribution in [0.15, 0.2) is 24.3 Å². The third kappa shape index (κ3) is 5.68. The molecule has 1 aromatic carbocycles. The van der Waals surface area contributed by atoms with Crippen molar-refractivity contribution in [2.75, 3.05) is 39.8 Å². The van der Waals surface area contributed by atoms with Crippen molar-refractivity contribution >= 4 is 0 Å². The largest absolute Gasteiger partial charge is 0.497 e. The Bertz CT molecular complexity index is 391. The maximum atomic E-state index is 5.21. The van der Waals surface area contributed by atoms with Crippen LogP contribution in [0.5, 0.6) is 5.75 Å². The molecule has 1 aliphatic rings. The van der Waals surface area contributed by atoms with E-state index in [2.05, 4.69) is 41.4 Å². The van der Waals surface area contributed by atoms with Crippen LogP contribution in [0.3, 0.4) is 0 Å². The molecular formula is C18H30N2O. The molecule has 0 spiro atoms. The van der Waals surface area contributed by atoms with Crippen LogP contribution in [0.4, 0.5) is 0 Å². The molecule has 1 saturated heterocycles. The predicted octanol–water partition coefficient (Wildman–Crippen LogP) is 2.95. The summed E-state index contributed by atoms with van der Waals surface area (Å²) in [4.78, 5) is 2.63. The van der Waals surface area contributed by atoms with Crippen molar-refractivity contribution in [1.29, 1.82) is 0 Å². The molecule has 1 aromatic rings. The van der Waals surface area contributed by atoms with Crippen molar-refractivity contribution in [3.8, 4) is 5.75 Å². The molecule has 0 aliphatic carbocycles. The van der Waals surface area contributed by atoms with Gasteiger partial charge in [0.1, 0.15) is 5.75 Å². The monoisotopic (exact) mass is 290 g/mol. The fraction of sp³-hybridized carbons (Fsp3) is 0.667. The van der Waals surface area contributed by atoms with Crippen LogP contribution in [-0.2, 0) is 6.42 Å². The quantitative estimate of drug-likeness (QED) is 0.745. The highest BCUT2D eigenvalue weighted by atomic mass is 16.5. The summed E-state index contributed by atoms with van der Waals surface area (Å²) in [6.45, 7) is 8.27. The Morgan fingerprint density at radius 2 is 2.10 bits per heavy atom. The Morgan fingerprint density at radius 3 is 2.81 bits per heavy atom. The number of likely N-dealkylation sites (tertiary alicyclic amines) is 1. The van der Waals surface area contributed by atoms with Gasteiger partial charge in [-0.05, 0) is 68.9 Å². The molecule has 1 atom stereocenters. The first-order chi connectivity index (χ1) is 10.3. The first-order valence-electron chi connectivity index (χ1n) is 8.37. The van der Waals surface area contributed by atoms with Gasteiger partial charge in [-0.25, -0.2) is 0 Å². The van der Waals surface area contributed by atoms with Crippen LogP contribution in [0.1, 0.15) is 31.7 Å². The van der Waals surface area contributed by atoms with E-state index in [0.717, 1.165) is 24.6 Å². The number of hydrogen-bond acceptors (Lipinski definition) is 3. The van der Waals surface area contributed by atoms with Gasteiger partial charge in [-0.1, -0.05) is 19.1 Å². The van der Waals surface area contributed by atoms with Gasteiger partial charge in [-0.3, -0.25) is 0 Å². The Balaban J connectivity index is 1.71. The van der Waals surface area contributed by atoms with Gasteiger partial charge in [0, 0.05) is 13.1 Å². The van der Waals surface area contributed by atoms with Crippen molar-refractivity contribution < 1.29 is 4.74 Å². The number of piperidine rings is 1. The van der Waals surface area contributed by atoms with Crippen molar-refractivity contribution in [3.05, 3.63) is 29.8 Å². The standard InChI is InChI=1S/C18H30N2O/c1-3-11-19-14-17-5-4-12-20(15-17)13-10-16-6-8-18(21-2)9-7-16/h6-9,17,19H,3-5,10-15H2,1-2H3. The van der Waals surface area contributed by atoms with E-state index < -0.39 is 0 Å². The number of methoxy groups -OCH3 is 1. The molecule has 0 saturated carbocycles. The summed E-state index contributed by atoms with van der Waals surface area (Å²) in [5.74, 6) is 1.78. The fourth-order valence-corrected chi connectivity index (χ4v) is 3.08. The maximum absolute atomic E-state index is 5.21. The zero-order valence-corrected chi connectivity index (χ0v) is 13.6. The minimum absolute atomic E-state index is 0.834. The van der Waals surface area contributed by atoms with Crippen molar-refractivity contribution in [3.63, 3.8) is 0 Å². The van der Waals surface area contributed by atoms with Gasteiger partial charge >= 0.3 is 0 Å². The normalized spacial score (nSPS) is 19.6. The lowest BCUT2D eigenvalue weighted by atomic mass is 9.97. The summed E-state index contributed by atoms with van der Waals surface area (Å²) in [6.07, 6.45) is 5.10. The van der Waals surface area contributed by atoms with Crippen LogP contribution in [0.2, 0.25) is 0 Å². The number of benzene rings is 1. The van der Waals surface area contributed by atoms with E-state index in [0.29, 0.717) is 0 Å². The maximum Gasteiger partial charge on any atom is 0.118 e. The minimum Gasteiger partial charge on any atom is -0.497 e. The van der Waals surface area contributed by atoms with E-state index in [9.17, 15) is 0 Å². The Labute approximate surface area is 129 Å². The van der Waals surface area contributed by atoms with Crippen LogP contribution in [0, 0.1) is 5.92 Å². The first kappa shape index (κ1) is 16.3. The van der Waals surface area contributed by atoms with Gasteiger partial charge in [0.25, 0.3) is 0 Å². The van der Waals surface area contributed by atoms with E-state index >= 15 is 0 Å². The van der Waals surface area contributed by atoms with Crippen LogP contribution < -0.4 is 10.1 Å². The summed E-state index contributed by atoms with van der Waals surface area (Å²) in [7, 11) is 1.72. The number of nitrogens with zero attached hydrogens (tertiary/aromatic N) is 1. The molecule has 3 heteroatoms. The highest BCUT2D eigenvalue weighted by Gasteiger charge is 2.19. The molecule has 1 fully saturated rings. The molecule has 21 heavy (non-hydrogen) atoms. The molecule has 3 nitrogen and oxygen atoms in total. The second-order valence-corrected chi connectivity index (χ2v) is 6.11. The third-order valence-electron chi connectivity index (χ3n) is 4.34. The third-order valence-corrected chi connectivity index (χ3v) is 4.34. The van der Waals surface area contributed by atoms with Gasteiger partial charge in [0.2, 0.25) is 0 Å². The number of nitrogens with one attached hydrogen (secondary N) is 1. The van der Waals surface area contributed by atoms with E-state index in [1.54, 1.807) is 7.11 Å². The van der Waals surface area contributed by atoms with E-state index in [4.69, 9.17) is 4.74 Å². The zero-order valence-electron chi connectivity index (χ0n) is 13.6. The number of ether oxygens (including phenoxy) is 1. The van der Waals surface area contributed by atoms with Crippen molar-refractivity contribution in [1.82, 2.24) is 10.2 Å². The highest BCUT2D eigenvalue weighted by molar-refractivity contribution is 5.27. The fourth-order valence-electron chi connectivity index (χ4n) is 3.08. The highest BCUT2D eigenvalue weighted by Crippen LogP contribution is 2.17. The van der Waals surface area contributed by atoms with Gasteiger partial charge in [-0.2, -0.15) is 0 Å². The summed E-state index contributed by atoms with van der Waals surface area (Å²) in [6, 6.07) is 8.48. The average molecular weight is 290 g/mol. The second-order valence-electron chi connectivity index (χ2n) is 6.11. The molecule has 1 heterocycles. The molecule has 1 unspecified atom stereocenters. The molecule has 2 rings (SSSR count). The summed E-state index contributed by atoms with van der Waals surface area (Å²) in [5.41, 5.74) is 1.40. The molecule has 0 amide bonds. The first-order valence-corrected chi connectivity index (χ1v) is 8.37. The number of rotatable bonds is 8. The molecular weight excluding hydrogens is 260 g/mol. The minimum atomic E-state index is 0.834. The van der Waals surface area contributed by atoms with E-state index in [1.165, 1.54) is 51.0 Å². The lowest BCUT2D eigenvalue weighted by molar-refractivity contribution is 0.174. The van der Waals surface area contributed by atoms with Gasteiger partial charge in [-0.15, -0.1) is 0 Å². The molecule has 0 bridgehead atoms. The predicted molar refractivity (Wildman–Crippen MR) is 89.0 cm³/mol. The van der Waals surface area contributed by atoms with Gasteiger partial charge in [0.15, 0.2) is 0 Å². The van der Waals surface area contributed by atoms with E-state index in [1.807, 2.05) is 0 Å².